The van der Waals surface area contributed by atoms with E-state index in [2.05, 4.69) is 25.8 Å². The first-order valence-corrected chi connectivity index (χ1v) is 10.7. The van der Waals surface area contributed by atoms with Crippen LogP contribution in [0.5, 0.6) is 11.5 Å². The quantitative estimate of drug-likeness (QED) is 0.623. The summed E-state index contributed by atoms with van der Waals surface area (Å²) in [6.07, 6.45) is 3.94. The van der Waals surface area contributed by atoms with Crippen molar-refractivity contribution in [1.29, 1.82) is 0 Å². The van der Waals surface area contributed by atoms with Gasteiger partial charge in [-0.25, -0.2) is 9.50 Å². The van der Waals surface area contributed by atoms with Crippen molar-refractivity contribution in [3.8, 4) is 11.5 Å². The average molecular weight is 423 g/mol. The molecule has 4 rings (SSSR count). The first-order chi connectivity index (χ1) is 14.8. The number of fused-ring (bicyclic) bond motifs is 1. The lowest BCUT2D eigenvalue weighted by atomic mass is 9.93. The van der Waals surface area contributed by atoms with Crippen molar-refractivity contribution < 1.29 is 14.3 Å². The van der Waals surface area contributed by atoms with Crippen molar-refractivity contribution >= 4 is 11.6 Å². The maximum Gasteiger partial charge on any atom is 0.227 e. The molecular formula is C24H30N4O3. The summed E-state index contributed by atoms with van der Waals surface area (Å²) in [5.41, 5.74) is 3.56. The zero-order valence-corrected chi connectivity index (χ0v) is 18.9. The topological polar surface area (TPSA) is 69.0 Å². The molecule has 7 nitrogen and oxygen atoms in total. The third kappa shape index (κ3) is 4.09. The molecule has 1 aliphatic rings. The molecule has 1 saturated heterocycles. The minimum Gasteiger partial charge on any atom is -0.497 e. The second-order valence-electron chi connectivity index (χ2n) is 9.02. The van der Waals surface area contributed by atoms with E-state index in [-0.39, 0.29) is 23.8 Å². The molecular weight excluding hydrogens is 392 g/mol. The third-order valence-electron chi connectivity index (χ3n) is 5.90. The van der Waals surface area contributed by atoms with Crippen LogP contribution in [0.4, 0.5) is 0 Å². The molecule has 0 saturated carbocycles. The molecule has 0 spiro atoms. The highest BCUT2D eigenvalue weighted by Crippen LogP contribution is 2.34. The van der Waals surface area contributed by atoms with Gasteiger partial charge >= 0.3 is 0 Å². The predicted octanol–water partition coefficient (Wildman–Crippen LogP) is 3.95. The summed E-state index contributed by atoms with van der Waals surface area (Å²) < 4.78 is 12.7. The van der Waals surface area contributed by atoms with E-state index in [9.17, 15) is 4.79 Å². The highest BCUT2D eigenvalue weighted by Gasteiger charge is 2.32. The van der Waals surface area contributed by atoms with Gasteiger partial charge in [0.1, 0.15) is 11.5 Å². The molecule has 3 heterocycles. The fraction of sp³-hybridized carbons (Fsp3) is 0.458. The molecule has 164 valence electrons. The van der Waals surface area contributed by atoms with Crippen LogP contribution in [0.2, 0.25) is 0 Å². The standard InChI is InChI=1S/C24H30N4O3/c1-24(2,3)21-15-22-25-11-10-19(28(22)26-21)18-7-6-12-27(18)23(29)14-16-13-17(30-4)8-9-20(16)31-5/h8-11,13,15,18H,6-7,12,14H2,1-5H3/t18-/m0/s1. The molecule has 0 bridgehead atoms. The molecule has 31 heavy (non-hydrogen) atoms. The van der Waals surface area contributed by atoms with E-state index in [1.54, 1.807) is 14.2 Å². The highest BCUT2D eigenvalue weighted by molar-refractivity contribution is 5.80. The van der Waals surface area contributed by atoms with E-state index in [0.29, 0.717) is 11.5 Å². The Balaban J connectivity index is 1.64. The number of aromatic nitrogens is 3. The zero-order chi connectivity index (χ0) is 22.2. The summed E-state index contributed by atoms with van der Waals surface area (Å²) in [6.45, 7) is 7.15. The molecule has 1 fully saturated rings. The molecule has 0 radical (unpaired) electrons. The number of likely N-dealkylation sites (tertiary alicyclic amines) is 1. The van der Waals surface area contributed by atoms with Crippen LogP contribution in [0.1, 0.15) is 56.6 Å². The number of carbonyl (C=O) groups excluding carboxylic acids is 1. The van der Waals surface area contributed by atoms with Crippen LogP contribution in [0.15, 0.2) is 36.5 Å². The lowest BCUT2D eigenvalue weighted by molar-refractivity contribution is -0.131. The molecule has 7 heteroatoms. The Morgan fingerprint density at radius 2 is 1.97 bits per heavy atom. The van der Waals surface area contributed by atoms with Gasteiger partial charge in [0.15, 0.2) is 5.65 Å². The number of hydrogen-bond acceptors (Lipinski definition) is 5. The number of hydrogen-bond donors (Lipinski definition) is 0. The van der Waals surface area contributed by atoms with Gasteiger partial charge in [-0.1, -0.05) is 20.8 Å². The van der Waals surface area contributed by atoms with Crippen molar-refractivity contribution in [1.82, 2.24) is 19.5 Å². The van der Waals surface area contributed by atoms with Crippen LogP contribution < -0.4 is 9.47 Å². The van der Waals surface area contributed by atoms with Crippen molar-refractivity contribution in [3.63, 3.8) is 0 Å². The molecule has 1 amide bonds. The first-order valence-electron chi connectivity index (χ1n) is 10.7. The van der Waals surface area contributed by atoms with Gasteiger partial charge < -0.3 is 14.4 Å². The molecule has 3 aromatic rings. The fourth-order valence-electron chi connectivity index (χ4n) is 4.19. The highest BCUT2D eigenvalue weighted by atomic mass is 16.5. The number of methoxy groups -OCH3 is 2. The molecule has 0 aliphatic carbocycles. The van der Waals surface area contributed by atoms with Crippen LogP contribution in [-0.4, -0.2) is 46.2 Å². The average Bonchev–Trinajstić information content (AvgIpc) is 3.40. The molecule has 1 aliphatic heterocycles. The Morgan fingerprint density at radius 3 is 2.68 bits per heavy atom. The van der Waals surface area contributed by atoms with Gasteiger partial charge in [-0.05, 0) is 37.1 Å². The molecule has 0 unspecified atom stereocenters. The van der Waals surface area contributed by atoms with E-state index in [4.69, 9.17) is 14.6 Å². The largest absolute Gasteiger partial charge is 0.497 e. The van der Waals surface area contributed by atoms with Crippen molar-refractivity contribution in [3.05, 3.63) is 53.5 Å². The summed E-state index contributed by atoms with van der Waals surface area (Å²) in [7, 11) is 3.24. The van der Waals surface area contributed by atoms with Crippen molar-refractivity contribution in [2.45, 2.75) is 51.5 Å². The molecule has 1 aromatic carbocycles. The molecule has 1 atom stereocenters. The van der Waals surface area contributed by atoms with Crippen LogP contribution in [-0.2, 0) is 16.6 Å². The number of benzene rings is 1. The Morgan fingerprint density at radius 1 is 1.16 bits per heavy atom. The van der Waals surface area contributed by atoms with Gasteiger partial charge in [0.2, 0.25) is 5.91 Å². The second kappa shape index (κ2) is 8.21. The lowest BCUT2D eigenvalue weighted by Crippen LogP contribution is -2.33. The van der Waals surface area contributed by atoms with Crippen molar-refractivity contribution in [2.24, 2.45) is 0 Å². The van der Waals surface area contributed by atoms with Gasteiger partial charge in [-0.2, -0.15) is 5.10 Å². The minimum absolute atomic E-state index is 0.0256. The van der Waals surface area contributed by atoms with Gasteiger partial charge in [0.05, 0.1) is 38.1 Å². The van der Waals surface area contributed by atoms with Crippen LogP contribution in [0, 0.1) is 0 Å². The summed E-state index contributed by atoms with van der Waals surface area (Å²) in [5.74, 6) is 1.48. The Kier molecular flexibility index (Phi) is 5.60. The maximum absolute atomic E-state index is 13.4. The fourth-order valence-corrected chi connectivity index (χ4v) is 4.19. The van der Waals surface area contributed by atoms with E-state index in [1.807, 2.05) is 45.9 Å². The second-order valence-corrected chi connectivity index (χ2v) is 9.02. The maximum atomic E-state index is 13.4. The summed E-state index contributed by atoms with van der Waals surface area (Å²) in [5, 5.41) is 4.84. The SMILES string of the molecule is COc1ccc(OC)c(CC(=O)N2CCC[C@H]2c2ccnc3cc(C(C)(C)C)nn23)c1. The summed E-state index contributed by atoms with van der Waals surface area (Å²) in [6, 6.07) is 9.54. The third-order valence-corrected chi connectivity index (χ3v) is 5.90. The number of nitrogens with zero attached hydrogens (tertiary/aromatic N) is 4. The Bertz CT molecular complexity index is 1100. The van der Waals surface area contributed by atoms with Crippen LogP contribution >= 0.6 is 0 Å². The van der Waals surface area contributed by atoms with Gasteiger partial charge in [0, 0.05) is 29.8 Å². The predicted molar refractivity (Wildman–Crippen MR) is 119 cm³/mol. The van der Waals surface area contributed by atoms with Gasteiger partial charge in [-0.15, -0.1) is 0 Å². The van der Waals surface area contributed by atoms with Crippen LogP contribution in [0.3, 0.4) is 0 Å². The lowest BCUT2D eigenvalue weighted by Gasteiger charge is -2.26. The molecule has 2 aromatic heterocycles. The number of rotatable bonds is 5. The summed E-state index contributed by atoms with van der Waals surface area (Å²) in [4.78, 5) is 19.8. The van der Waals surface area contributed by atoms with E-state index >= 15 is 0 Å². The smallest absolute Gasteiger partial charge is 0.227 e. The van der Waals surface area contributed by atoms with E-state index < -0.39 is 0 Å². The number of ether oxygens (including phenoxy) is 2. The number of carbonyl (C=O) groups is 1. The molecule has 0 N–H and O–H groups in total. The Hall–Kier alpha value is -3.09. The van der Waals surface area contributed by atoms with E-state index in [0.717, 1.165) is 42.0 Å². The first kappa shape index (κ1) is 21.2. The number of amides is 1. The van der Waals surface area contributed by atoms with Crippen molar-refractivity contribution in [2.75, 3.05) is 20.8 Å². The van der Waals surface area contributed by atoms with Crippen LogP contribution in [0.25, 0.3) is 5.65 Å². The van der Waals surface area contributed by atoms with Gasteiger partial charge in [-0.3, -0.25) is 4.79 Å². The van der Waals surface area contributed by atoms with Gasteiger partial charge in [0.25, 0.3) is 0 Å². The Labute approximate surface area is 183 Å². The van der Waals surface area contributed by atoms with E-state index in [1.165, 1.54) is 0 Å². The zero-order valence-electron chi connectivity index (χ0n) is 18.9. The minimum atomic E-state index is -0.0704. The monoisotopic (exact) mass is 422 g/mol. The normalized spacial score (nSPS) is 16.7. The summed E-state index contributed by atoms with van der Waals surface area (Å²) >= 11 is 0.